The van der Waals surface area contributed by atoms with Gasteiger partial charge in [-0.25, -0.2) is 0 Å². The Morgan fingerprint density at radius 3 is 1.63 bits per heavy atom. The minimum atomic E-state index is 0.772. The molecule has 0 spiro atoms. The highest BCUT2D eigenvalue weighted by molar-refractivity contribution is 4.64. The highest BCUT2D eigenvalue weighted by Gasteiger charge is 2.03. The number of hydrogen-bond acceptors (Lipinski definition) is 1. The Bertz CT molecular complexity index is 156. The smallest absolute Gasteiger partial charge is 0.00644 e. The van der Waals surface area contributed by atoms with Crippen LogP contribution in [-0.2, 0) is 0 Å². The van der Waals surface area contributed by atoms with Gasteiger partial charge in [-0.3, -0.25) is 0 Å². The zero-order valence-electron chi connectivity index (χ0n) is 14.0. The van der Waals surface area contributed by atoms with Crippen LogP contribution in [0.2, 0.25) is 0 Å². The van der Waals surface area contributed by atoms with Crippen LogP contribution >= 0.6 is 0 Å². The molecule has 0 bridgehead atoms. The summed E-state index contributed by atoms with van der Waals surface area (Å²) in [6.07, 6.45) is 18.4. The number of rotatable bonds is 15. The van der Waals surface area contributed by atoms with Crippen molar-refractivity contribution in [3.8, 4) is 0 Å². The van der Waals surface area contributed by atoms with Crippen molar-refractivity contribution in [3.05, 3.63) is 0 Å². The maximum atomic E-state index is 3.65. The second-order valence-electron chi connectivity index (χ2n) is 6.03. The summed E-state index contributed by atoms with van der Waals surface area (Å²) in [4.78, 5) is 0. The minimum absolute atomic E-state index is 0.772. The van der Waals surface area contributed by atoms with E-state index in [9.17, 15) is 0 Å². The van der Waals surface area contributed by atoms with Crippen LogP contribution in [0.15, 0.2) is 0 Å². The van der Waals surface area contributed by atoms with Crippen LogP contribution in [0.25, 0.3) is 0 Å². The van der Waals surface area contributed by atoms with Gasteiger partial charge >= 0.3 is 0 Å². The van der Waals surface area contributed by atoms with Gasteiger partial charge in [0.25, 0.3) is 0 Å². The molecule has 1 unspecified atom stereocenters. The van der Waals surface area contributed by atoms with E-state index in [0.29, 0.717) is 0 Å². The largest absolute Gasteiger partial charge is 0.314 e. The van der Waals surface area contributed by atoms with Gasteiger partial charge in [-0.15, -0.1) is 0 Å². The Hall–Kier alpha value is -0.0400. The first-order chi connectivity index (χ1) is 9.35. The van der Waals surface area contributed by atoms with Crippen LogP contribution in [-0.4, -0.2) is 12.6 Å². The number of nitrogens with one attached hydrogen (secondary N) is 1. The average molecular weight is 270 g/mol. The first kappa shape index (κ1) is 19.0. The van der Waals surface area contributed by atoms with Gasteiger partial charge < -0.3 is 5.32 Å². The molecule has 19 heavy (non-hydrogen) atoms. The van der Waals surface area contributed by atoms with Crippen LogP contribution in [0.5, 0.6) is 0 Å². The standard InChI is InChI=1S/C18H39N/c1-4-7-8-9-10-11-12-13-14-15-16-18(6-3)19-17-5-2/h18-19H,4-17H2,1-3H3. The van der Waals surface area contributed by atoms with Crippen molar-refractivity contribution in [3.63, 3.8) is 0 Å². The van der Waals surface area contributed by atoms with E-state index in [1.807, 2.05) is 0 Å². The molecule has 0 saturated heterocycles. The number of unbranched alkanes of at least 4 members (excludes halogenated alkanes) is 9. The zero-order chi connectivity index (χ0) is 14.2. The molecule has 0 radical (unpaired) electrons. The Morgan fingerprint density at radius 2 is 1.16 bits per heavy atom. The van der Waals surface area contributed by atoms with Crippen molar-refractivity contribution >= 4 is 0 Å². The molecule has 0 aromatic rings. The monoisotopic (exact) mass is 269 g/mol. The fourth-order valence-electron chi connectivity index (χ4n) is 2.68. The fraction of sp³-hybridized carbons (Fsp3) is 1.00. The number of hydrogen-bond donors (Lipinski definition) is 1. The molecule has 0 fully saturated rings. The molecule has 0 amide bonds. The molecule has 0 saturated carbocycles. The second-order valence-corrected chi connectivity index (χ2v) is 6.03. The van der Waals surface area contributed by atoms with Gasteiger partial charge in [-0.05, 0) is 25.8 Å². The van der Waals surface area contributed by atoms with Gasteiger partial charge in [-0.2, -0.15) is 0 Å². The van der Waals surface area contributed by atoms with E-state index >= 15 is 0 Å². The lowest BCUT2D eigenvalue weighted by Gasteiger charge is -2.16. The molecule has 1 N–H and O–H groups in total. The van der Waals surface area contributed by atoms with Crippen molar-refractivity contribution < 1.29 is 0 Å². The predicted octanol–water partition coefficient (Wildman–Crippen LogP) is 6.08. The van der Waals surface area contributed by atoms with Gasteiger partial charge in [0.05, 0.1) is 0 Å². The summed E-state index contributed by atoms with van der Waals surface area (Å²) in [6, 6.07) is 0.772. The van der Waals surface area contributed by atoms with E-state index in [1.165, 1.54) is 90.0 Å². The van der Waals surface area contributed by atoms with Crippen molar-refractivity contribution in [1.29, 1.82) is 0 Å². The van der Waals surface area contributed by atoms with Crippen LogP contribution in [0.4, 0.5) is 0 Å². The SMILES string of the molecule is CCCCCCCCCCCCC(CC)NCCC. The van der Waals surface area contributed by atoms with E-state index in [4.69, 9.17) is 0 Å². The molecule has 1 heteroatoms. The third kappa shape index (κ3) is 14.2. The molecule has 0 aliphatic heterocycles. The lowest BCUT2D eigenvalue weighted by molar-refractivity contribution is 0.441. The highest BCUT2D eigenvalue weighted by atomic mass is 14.9. The van der Waals surface area contributed by atoms with Gasteiger partial charge in [0.15, 0.2) is 0 Å². The lowest BCUT2D eigenvalue weighted by Crippen LogP contribution is -2.28. The second kappa shape index (κ2) is 16.0. The summed E-state index contributed by atoms with van der Waals surface area (Å²) in [5.41, 5.74) is 0. The summed E-state index contributed by atoms with van der Waals surface area (Å²) in [5.74, 6) is 0. The van der Waals surface area contributed by atoms with Gasteiger partial charge in [0, 0.05) is 6.04 Å². The highest BCUT2D eigenvalue weighted by Crippen LogP contribution is 2.12. The predicted molar refractivity (Wildman–Crippen MR) is 88.8 cm³/mol. The topological polar surface area (TPSA) is 12.0 Å². The molecule has 0 aromatic heterocycles. The minimum Gasteiger partial charge on any atom is -0.314 e. The zero-order valence-corrected chi connectivity index (χ0v) is 14.0. The summed E-state index contributed by atoms with van der Waals surface area (Å²) in [7, 11) is 0. The molecule has 1 atom stereocenters. The molecule has 0 aromatic carbocycles. The normalized spacial score (nSPS) is 12.8. The Labute approximate surface area is 122 Å². The van der Waals surface area contributed by atoms with Crippen LogP contribution in [0.1, 0.15) is 104 Å². The first-order valence-corrected chi connectivity index (χ1v) is 9.08. The third-order valence-corrected chi connectivity index (χ3v) is 4.08. The molecule has 0 aliphatic rings. The fourth-order valence-corrected chi connectivity index (χ4v) is 2.68. The Balaban J connectivity index is 3.16. The van der Waals surface area contributed by atoms with E-state index in [1.54, 1.807) is 0 Å². The molecule has 0 rings (SSSR count). The van der Waals surface area contributed by atoms with Gasteiger partial charge in [0.1, 0.15) is 0 Å². The van der Waals surface area contributed by atoms with E-state index in [2.05, 4.69) is 26.1 Å². The van der Waals surface area contributed by atoms with Crippen molar-refractivity contribution in [2.24, 2.45) is 0 Å². The van der Waals surface area contributed by atoms with Gasteiger partial charge in [-0.1, -0.05) is 85.0 Å². The van der Waals surface area contributed by atoms with Crippen molar-refractivity contribution in [1.82, 2.24) is 5.32 Å². The quantitative estimate of drug-likeness (QED) is 0.355. The summed E-state index contributed by atoms with van der Waals surface area (Å²) in [6.45, 7) is 8.04. The summed E-state index contributed by atoms with van der Waals surface area (Å²) < 4.78 is 0. The molecule has 0 heterocycles. The summed E-state index contributed by atoms with van der Waals surface area (Å²) >= 11 is 0. The summed E-state index contributed by atoms with van der Waals surface area (Å²) in [5, 5.41) is 3.65. The van der Waals surface area contributed by atoms with Crippen LogP contribution < -0.4 is 5.32 Å². The van der Waals surface area contributed by atoms with E-state index < -0.39 is 0 Å². The molecular formula is C18H39N. The maximum Gasteiger partial charge on any atom is 0.00644 e. The van der Waals surface area contributed by atoms with E-state index in [-0.39, 0.29) is 0 Å². The molecule has 116 valence electrons. The first-order valence-electron chi connectivity index (χ1n) is 9.08. The van der Waals surface area contributed by atoms with Crippen LogP contribution in [0.3, 0.4) is 0 Å². The lowest BCUT2D eigenvalue weighted by atomic mass is 10.0. The Kier molecular flexibility index (Phi) is 16.0. The maximum absolute atomic E-state index is 3.65. The molecular weight excluding hydrogens is 230 g/mol. The average Bonchev–Trinajstić information content (AvgIpc) is 2.44. The van der Waals surface area contributed by atoms with Gasteiger partial charge in [0.2, 0.25) is 0 Å². The Morgan fingerprint density at radius 1 is 0.632 bits per heavy atom. The van der Waals surface area contributed by atoms with Crippen LogP contribution in [0, 0.1) is 0 Å². The van der Waals surface area contributed by atoms with E-state index in [0.717, 1.165) is 6.04 Å². The third-order valence-electron chi connectivity index (χ3n) is 4.08. The molecule has 0 aliphatic carbocycles. The molecule has 1 nitrogen and oxygen atoms in total. The van der Waals surface area contributed by atoms with Crippen molar-refractivity contribution in [2.45, 2.75) is 110 Å². The van der Waals surface area contributed by atoms with Crippen molar-refractivity contribution in [2.75, 3.05) is 6.54 Å².